The molecule has 0 atom stereocenters. The Balaban J connectivity index is 0.00000162. The van der Waals surface area contributed by atoms with E-state index < -0.39 is 0 Å². The number of nitrogens with zero attached hydrogens (tertiary/aromatic N) is 3. The van der Waals surface area contributed by atoms with E-state index in [1.54, 1.807) is 4.52 Å². The second-order valence-corrected chi connectivity index (χ2v) is 5.23. The molecule has 0 aliphatic carbocycles. The molecule has 5 nitrogen and oxygen atoms in total. The number of halogens is 1. The zero-order valence-electron chi connectivity index (χ0n) is 11.0. The van der Waals surface area contributed by atoms with Crippen molar-refractivity contribution in [2.45, 2.75) is 0 Å². The summed E-state index contributed by atoms with van der Waals surface area (Å²) in [5.74, 6) is 0.768. The van der Waals surface area contributed by atoms with E-state index in [9.17, 15) is 0 Å². The van der Waals surface area contributed by atoms with Crippen LogP contribution in [0.1, 0.15) is 0 Å². The molecular formula is C12H20ClN5. The van der Waals surface area contributed by atoms with Crippen LogP contribution in [0.3, 0.4) is 0 Å². The summed E-state index contributed by atoms with van der Waals surface area (Å²) in [7, 11) is 6.48. The molecule has 0 spiro atoms. The predicted molar refractivity (Wildman–Crippen MR) is 71.0 cm³/mol. The molecule has 2 rings (SSSR count). The second-order valence-electron chi connectivity index (χ2n) is 5.23. The molecule has 18 heavy (non-hydrogen) atoms. The lowest BCUT2D eigenvalue weighted by Gasteiger charge is -2.23. The SMILES string of the molecule is C[N+](C)(C)CCNc1nn2ccccc2c1N.[Cl-]. The lowest BCUT2D eigenvalue weighted by atomic mass is 10.3. The Morgan fingerprint density at radius 3 is 2.67 bits per heavy atom. The number of hydrogen-bond acceptors (Lipinski definition) is 3. The first-order valence-electron chi connectivity index (χ1n) is 5.74. The molecular weight excluding hydrogens is 250 g/mol. The van der Waals surface area contributed by atoms with Gasteiger partial charge in [0.15, 0.2) is 5.82 Å². The summed E-state index contributed by atoms with van der Waals surface area (Å²) < 4.78 is 2.71. The van der Waals surface area contributed by atoms with Crippen molar-refractivity contribution in [3.63, 3.8) is 0 Å². The van der Waals surface area contributed by atoms with Crippen LogP contribution < -0.4 is 23.5 Å². The molecule has 0 saturated heterocycles. The highest BCUT2D eigenvalue weighted by Crippen LogP contribution is 2.22. The van der Waals surface area contributed by atoms with Gasteiger partial charge in [-0.25, -0.2) is 4.52 Å². The normalized spacial score (nSPS) is 11.3. The molecule has 0 saturated carbocycles. The van der Waals surface area contributed by atoms with E-state index in [1.807, 2.05) is 24.4 Å². The van der Waals surface area contributed by atoms with Crippen LogP contribution in [0.25, 0.3) is 5.52 Å². The van der Waals surface area contributed by atoms with Crippen LogP contribution in [-0.2, 0) is 0 Å². The van der Waals surface area contributed by atoms with Gasteiger partial charge < -0.3 is 27.9 Å². The summed E-state index contributed by atoms with van der Waals surface area (Å²) in [6.45, 7) is 1.88. The molecule has 2 aromatic heterocycles. The minimum absolute atomic E-state index is 0. The number of aromatic nitrogens is 2. The highest BCUT2D eigenvalue weighted by molar-refractivity contribution is 5.80. The van der Waals surface area contributed by atoms with Crippen LogP contribution >= 0.6 is 0 Å². The number of hydrogen-bond donors (Lipinski definition) is 2. The summed E-state index contributed by atoms with van der Waals surface area (Å²) >= 11 is 0. The van der Waals surface area contributed by atoms with Crippen LogP contribution in [-0.4, -0.2) is 48.3 Å². The van der Waals surface area contributed by atoms with Gasteiger partial charge in [-0.15, -0.1) is 5.10 Å². The molecule has 100 valence electrons. The Bertz CT molecular complexity index is 515. The van der Waals surface area contributed by atoms with Crippen molar-refractivity contribution in [2.24, 2.45) is 0 Å². The third kappa shape index (κ3) is 3.27. The molecule has 0 radical (unpaired) electrons. The van der Waals surface area contributed by atoms with Crippen LogP contribution in [0.2, 0.25) is 0 Å². The summed E-state index contributed by atoms with van der Waals surface area (Å²) in [5.41, 5.74) is 7.70. The average molecular weight is 270 g/mol. The number of likely N-dealkylation sites (N-methyl/N-ethyl adjacent to an activating group) is 1. The average Bonchev–Trinajstić information content (AvgIpc) is 2.55. The van der Waals surface area contributed by atoms with E-state index in [4.69, 9.17) is 5.73 Å². The quantitative estimate of drug-likeness (QED) is 0.634. The van der Waals surface area contributed by atoms with Crippen molar-refractivity contribution in [3.05, 3.63) is 24.4 Å². The van der Waals surface area contributed by atoms with Crippen LogP contribution in [0.5, 0.6) is 0 Å². The van der Waals surface area contributed by atoms with Gasteiger partial charge >= 0.3 is 0 Å². The van der Waals surface area contributed by atoms with Crippen LogP contribution in [0.15, 0.2) is 24.4 Å². The molecule has 6 heteroatoms. The molecule has 2 aromatic rings. The third-order valence-electron chi connectivity index (χ3n) is 2.65. The largest absolute Gasteiger partial charge is 1.00 e. The zero-order valence-corrected chi connectivity index (χ0v) is 11.8. The molecule has 0 bridgehead atoms. The predicted octanol–water partition coefficient (Wildman–Crippen LogP) is -1.96. The topological polar surface area (TPSA) is 55.4 Å². The van der Waals surface area contributed by atoms with E-state index in [2.05, 4.69) is 31.6 Å². The molecule has 0 amide bonds. The Morgan fingerprint density at radius 2 is 2.06 bits per heavy atom. The third-order valence-corrected chi connectivity index (χ3v) is 2.65. The van der Waals surface area contributed by atoms with E-state index in [0.29, 0.717) is 5.69 Å². The number of pyridine rings is 1. The monoisotopic (exact) mass is 269 g/mol. The van der Waals surface area contributed by atoms with Gasteiger partial charge in [0, 0.05) is 6.20 Å². The summed E-state index contributed by atoms with van der Waals surface area (Å²) in [5, 5.41) is 7.69. The molecule has 2 heterocycles. The van der Waals surface area contributed by atoms with Crippen molar-refractivity contribution in [1.29, 1.82) is 0 Å². The van der Waals surface area contributed by atoms with Crippen LogP contribution in [0, 0.1) is 0 Å². The summed E-state index contributed by atoms with van der Waals surface area (Å²) in [6, 6.07) is 5.87. The fourth-order valence-corrected chi connectivity index (χ4v) is 1.66. The number of fused-ring (bicyclic) bond motifs is 1. The fraction of sp³-hybridized carbons (Fsp3) is 0.417. The molecule has 0 unspecified atom stereocenters. The Labute approximate surface area is 114 Å². The van der Waals surface area contributed by atoms with Crippen molar-refractivity contribution in [1.82, 2.24) is 9.61 Å². The maximum Gasteiger partial charge on any atom is 0.172 e. The summed E-state index contributed by atoms with van der Waals surface area (Å²) in [6.07, 6.45) is 1.90. The van der Waals surface area contributed by atoms with Crippen molar-refractivity contribution < 1.29 is 16.9 Å². The molecule has 0 aromatic carbocycles. The Morgan fingerprint density at radius 1 is 1.33 bits per heavy atom. The first-order valence-corrected chi connectivity index (χ1v) is 5.74. The van der Waals surface area contributed by atoms with Crippen molar-refractivity contribution >= 4 is 17.0 Å². The van der Waals surface area contributed by atoms with Gasteiger partial charge in [0.25, 0.3) is 0 Å². The van der Waals surface area contributed by atoms with Gasteiger partial charge in [-0.2, -0.15) is 0 Å². The van der Waals surface area contributed by atoms with E-state index in [0.717, 1.165) is 28.9 Å². The highest BCUT2D eigenvalue weighted by atomic mass is 35.5. The van der Waals surface area contributed by atoms with Gasteiger partial charge in [-0.3, -0.25) is 0 Å². The van der Waals surface area contributed by atoms with Crippen molar-refractivity contribution in [3.8, 4) is 0 Å². The van der Waals surface area contributed by atoms with E-state index in [1.165, 1.54) is 0 Å². The number of nitrogens with one attached hydrogen (secondary N) is 1. The van der Waals surface area contributed by atoms with Gasteiger partial charge in [-0.05, 0) is 12.1 Å². The second kappa shape index (κ2) is 5.46. The number of nitrogen functional groups attached to an aromatic ring is 1. The maximum absolute atomic E-state index is 6.04. The highest BCUT2D eigenvalue weighted by Gasteiger charge is 2.10. The first-order chi connectivity index (χ1) is 7.97. The maximum atomic E-state index is 6.04. The molecule has 0 aliphatic rings. The lowest BCUT2D eigenvalue weighted by Crippen LogP contribution is -3.00. The number of nitrogens with two attached hydrogens (primary N) is 1. The van der Waals surface area contributed by atoms with Crippen LogP contribution in [0.4, 0.5) is 11.5 Å². The standard InChI is InChI=1S/C12H20N5.ClH/c1-17(2,3)9-7-14-12-11(13)10-6-4-5-8-16(10)15-12;/h4-6,8H,7,9,13H2,1-3H3,(H,14,15);1H/q+1;/p-1. The lowest BCUT2D eigenvalue weighted by molar-refractivity contribution is -0.868. The van der Waals surface area contributed by atoms with Gasteiger partial charge in [0.1, 0.15) is 5.69 Å². The van der Waals surface area contributed by atoms with Gasteiger partial charge in [-0.1, -0.05) is 6.07 Å². The molecule has 3 N–H and O–H groups in total. The number of quaternary nitrogens is 1. The smallest absolute Gasteiger partial charge is 0.172 e. The van der Waals surface area contributed by atoms with E-state index in [-0.39, 0.29) is 12.4 Å². The van der Waals surface area contributed by atoms with Gasteiger partial charge in [0.2, 0.25) is 0 Å². The van der Waals surface area contributed by atoms with E-state index >= 15 is 0 Å². The fourth-order valence-electron chi connectivity index (χ4n) is 1.66. The Kier molecular flexibility index (Phi) is 4.43. The Hall–Kier alpha value is -1.46. The summed E-state index contributed by atoms with van der Waals surface area (Å²) in [4.78, 5) is 0. The minimum atomic E-state index is 0. The zero-order chi connectivity index (χ0) is 12.5. The number of anilines is 2. The molecule has 0 fully saturated rings. The van der Waals surface area contributed by atoms with Crippen molar-refractivity contribution in [2.75, 3.05) is 45.3 Å². The van der Waals surface area contributed by atoms with Gasteiger partial charge in [0.05, 0.1) is 39.7 Å². The number of rotatable bonds is 4. The first kappa shape index (κ1) is 14.6. The minimum Gasteiger partial charge on any atom is -1.00 e. The molecule has 0 aliphatic heterocycles.